The van der Waals surface area contributed by atoms with E-state index in [-0.39, 0.29) is 0 Å². The van der Waals surface area contributed by atoms with Crippen molar-refractivity contribution in [3.63, 3.8) is 0 Å². The van der Waals surface area contributed by atoms with Crippen molar-refractivity contribution in [3.8, 4) is 0 Å². The van der Waals surface area contributed by atoms with Gasteiger partial charge in [-0.05, 0) is 18.8 Å². The summed E-state index contributed by atoms with van der Waals surface area (Å²) in [6, 6.07) is 0.709. The fourth-order valence-corrected chi connectivity index (χ4v) is 2.65. The van der Waals surface area contributed by atoms with E-state index in [1.807, 2.05) is 0 Å². The Morgan fingerprint density at radius 1 is 1.00 bits per heavy atom. The summed E-state index contributed by atoms with van der Waals surface area (Å²) in [6.45, 7) is 6.68. The molecule has 0 radical (unpaired) electrons. The molecule has 0 spiro atoms. The van der Waals surface area contributed by atoms with Crippen LogP contribution in [0.2, 0.25) is 0 Å². The lowest BCUT2D eigenvalue weighted by Crippen LogP contribution is -2.36. The van der Waals surface area contributed by atoms with Crippen LogP contribution in [0.3, 0.4) is 0 Å². The molecule has 0 amide bonds. The van der Waals surface area contributed by atoms with Gasteiger partial charge in [-0.3, -0.25) is 0 Å². The zero-order chi connectivity index (χ0) is 13.8. The summed E-state index contributed by atoms with van der Waals surface area (Å²) in [7, 11) is 1.68. The van der Waals surface area contributed by atoms with Gasteiger partial charge in [0.2, 0.25) is 0 Å². The predicted molar refractivity (Wildman–Crippen MR) is 77.6 cm³/mol. The summed E-state index contributed by atoms with van der Waals surface area (Å²) in [5.41, 5.74) is 0. The second-order valence-corrected chi connectivity index (χ2v) is 5.31. The molecule has 4 nitrogen and oxygen atoms in total. The van der Waals surface area contributed by atoms with Crippen LogP contribution in [0, 0.1) is 5.92 Å². The zero-order valence-corrected chi connectivity index (χ0v) is 12.7. The lowest BCUT2D eigenvalue weighted by molar-refractivity contribution is 0.0249. The number of nitrogens with one attached hydrogen (secondary N) is 1. The highest BCUT2D eigenvalue weighted by Gasteiger charge is 2.19. The summed E-state index contributed by atoms with van der Waals surface area (Å²) in [5.74, 6) is 0.932. The Kier molecular flexibility index (Phi) is 10.4. The van der Waals surface area contributed by atoms with Gasteiger partial charge in [0.1, 0.15) is 0 Å². The molecule has 0 bridgehead atoms. The van der Waals surface area contributed by atoms with E-state index in [4.69, 9.17) is 14.2 Å². The Morgan fingerprint density at radius 2 is 1.74 bits per heavy atom. The van der Waals surface area contributed by atoms with Gasteiger partial charge in [-0.15, -0.1) is 0 Å². The highest BCUT2D eigenvalue weighted by atomic mass is 16.5. The fraction of sp³-hybridized carbons (Fsp3) is 1.00. The van der Waals surface area contributed by atoms with Crippen LogP contribution in [-0.2, 0) is 14.2 Å². The first-order chi connectivity index (χ1) is 9.36. The van der Waals surface area contributed by atoms with Gasteiger partial charge in [0.05, 0.1) is 33.0 Å². The zero-order valence-electron chi connectivity index (χ0n) is 12.7. The van der Waals surface area contributed by atoms with Crippen molar-refractivity contribution in [3.05, 3.63) is 0 Å². The van der Waals surface area contributed by atoms with E-state index in [0.717, 1.165) is 19.1 Å². The Morgan fingerprint density at radius 3 is 2.47 bits per heavy atom. The molecule has 1 aliphatic carbocycles. The van der Waals surface area contributed by atoms with Crippen molar-refractivity contribution in [2.24, 2.45) is 5.92 Å². The first kappa shape index (κ1) is 16.9. The van der Waals surface area contributed by atoms with Crippen molar-refractivity contribution in [1.29, 1.82) is 0 Å². The van der Waals surface area contributed by atoms with Crippen molar-refractivity contribution >= 4 is 0 Å². The minimum absolute atomic E-state index is 0.651. The second-order valence-electron chi connectivity index (χ2n) is 5.31. The highest BCUT2D eigenvalue weighted by Crippen LogP contribution is 2.26. The SMILES string of the molecule is CCC1CCCC(NCCOCCOCCOC)C1. The molecule has 0 aliphatic heterocycles. The van der Waals surface area contributed by atoms with Gasteiger partial charge in [0.25, 0.3) is 0 Å². The fourth-order valence-electron chi connectivity index (χ4n) is 2.65. The molecule has 0 saturated heterocycles. The minimum Gasteiger partial charge on any atom is -0.382 e. The van der Waals surface area contributed by atoms with E-state index < -0.39 is 0 Å². The van der Waals surface area contributed by atoms with Crippen molar-refractivity contribution in [2.45, 2.75) is 45.1 Å². The third-order valence-electron chi connectivity index (χ3n) is 3.84. The largest absolute Gasteiger partial charge is 0.382 e. The number of rotatable bonds is 11. The highest BCUT2D eigenvalue weighted by molar-refractivity contribution is 4.77. The van der Waals surface area contributed by atoms with Crippen LogP contribution in [0.4, 0.5) is 0 Å². The quantitative estimate of drug-likeness (QED) is 0.586. The van der Waals surface area contributed by atoms with E-state index in [1.165, 1.54) is 32.1 Å². The summed E-state index contributed by atoms with van der Waals surface area (Å²) < 4.78 is 15.8. The number of hydrogen-bond acceptors (Lipinski definition) is 4. The van der Waals surface area contributed by atoms with E-state index in [0.29, 0.717) is 32.5 Å². The van der Waals surface area contributed by atoms with E-state index >= 15 is 0 Å². The van der Waals surface area contributed by atoms with Crippen molar-refractivity contribution < 1.29 is 14.2 Å². The topological polar surface area (TPSA) is 39.7 Å². The molecule has 1 N–H and O–H groups in total. The van der Waals surface area contributed by atoms with Gasteiger partial charge >= 0.3 is 0 Å². The second kappa shape index (κ2) is 11.6. The van der Waals surface area contributed by atoms with E-state index in [2.05, 4.69) is 12.2 Å². The predicted octanol–water partition coefficient (Wildman–Crippen LogP) is 2.22. The van der Waals surface area contributed by atoms with Gasteiger partial charge in [0.15, 0.2) is 0 Å². The Labute approximate surface area is 118 Å². The van der Waals surface area contributed by atoms with Gasteiger partial charge in [-0.2, -0.15) is 0 Å². The lowest BCUT2D eigenvalue weighted by Gasteiger charge is -2.29. The molecular weight excluding hydrogens is 242 g/mol. The molecule has 4 heteroatoms. The molecule has 114 valence electrons. The van der Waals surface area contributed by atoms with Crippen LogP contribution in [-0.4, -0.2) is 52.7 Å². The third kappa shape index (κ3) is 8.58. The maximum Gasteiger partial charge on any atom is 0.0701 e. The smallest absolute Gasteiger partial charge is 0.0701 e. The number of hydrogen-bond donors (Lipinski definition) is 1. The van der Waals surface area contributed by atoms with E-state index in [1.54, 1.807) is 7.11 Å². The molecule has 1 rings (SSSR count). The van der Waals surface area contributed by atoms with E-state index in [9.17, 15) is 0 Å². The number of ether oxygens (including phenoxy) is 3. The summed E-state index contributed by atoms with van der Waals surface area (Å²) in [4.78, 5) is 0. The Hall–Kier alpha value is -0.160. The Balaban J connectivity index is 1.85. The Bertz CT molecular complexity index is 202. The molecular formula is C15H31NO3. The molecule has 2 atom stereocenters. The van der Waals surface area contributed by atoms with Gasteiger partial charge < -0.3 is 19.5 Å². The summed E-state index contributed by atoms with van der Waals surface area (Å²) in [6.07, 6.45) is 6.80. The monoisotopic (exact) mass is 273 g/mol. The minimum atomic E-state index is 0.651. The maximum absolute atomic E-state index is 5.53. The van der Waals surface area contributed by atoms with Crippen LogP contribution in [0.5, 0.6) is 0 Å². The molecule has 1 fully saturated rings. The average Bonchev–Trinajstić information content (AvgIpc) is 2.46. The molecule has 1 saturated carbocycles. The summed E-state index contributed by atoms with van der Waals surface area (Å²) in [5, 5.41) is 3.61. The molecule has 0 heterocycles. The standard InChI is InChI=1S/C15H31NO3/c1-3-14-5-4-6-15(13-14)16-7-8-18-11-12-19-10-9-17-2/h14-16H,3-13H2,1-2H3. The van der Waals surface area contributed by atoms with Crippen molar-refractivity contribution in [2.75, 3.05) is 46.7 Å². The molecule has 19 heavy (non-hydrogen) atoms. The van der Waals surface area contributed by atoms with Gasteiger partial charge in [0, 0.05) is 19.7 Å². The average molecular weight is 273 g/mol. The molecule has 0 aromatic heterocycles. The maximum atomic E-state index is 5.53. The van der Waals surface area contributed by atoms with Gasteiger partial charge in [-0.25, -0.2) is 0 Å². The van der Waals surface area contributed by atoms with Gasteiger partial charge in [-0.1, -0.05) is 26.2 Å². The van der Waals surface area contributed by atoms with Crippen LogP contribution in [0.15, 0.2) is 0 Å². The lowest BCUT2D eigenvalue weighted by atomic mass is 9.84. The summed E-state index contributed by atoms with van der Waals surface area (Å²) >= 11 is 0. The normalized spacial score (nSPS) is 23.7. The molecule has 0 aromatic rings. The number of methoxy groups -OCH3 is 1. The first-order valence-electron chi connectivity index (χ1n) is 7.74. The van der Waals surface area contributed by atoms with Crippen LogP contribution < -0.4 is 5.32 Å². The first-order valence-corrected chi connectivity index (χ1v) is 7.74. The third-order valence-corrected chi connectivity index (χ3v) is 3.84. The van der Waals surface area contributed by atoms with Crippen molar-refractivity contribution in [1.82, 2.24) is 5.32 Å². The van der Waals surface area contributed by atoms with Crippen LogP contribution in [0.1, 0.15) is 39.0 Å². The van der Waals surface area contributed by atoms with Crippen LogP contribution >= 0.6 is 0 Å². The molecule has 1 aliphatic rings. The molecule has 2 unspecified atom stereocenters. The molecule has 0 aromatic carbocycles. The van der Waals surface area contributed by atoms with Crippen LogP contribution in [0.25, 0.3) is 0 Å².